The lowest BCUT2D eigenvalue weighted by Gasteiger charge is -2.13. The lowest BCUT2D eigenvalue weighted by Crippen LogP contribution is -2.22. The van der Waals surface area contributed by atoms with Crippen molar-refractivity contribution in [1.29, 1.82) is 0 Å². The van der Waals surface area contributed by atoms with Crippen molar-refractivity contribution in [3.05, 3.63) is 106 Å². The largest absolute Gasteiger partial charge is 0.455 e. The zero-order valence-corrected chi connectivity index (χ0v) is 20.7. The van der Waals surface area contributed by atoms with E-state index < -0.39 is 5.91 Å². The number of ether oxygens (including phenoxy) is 1. The fraction of sp³-hybridized carbons (Fsp3) is 0.143. The standard InChI is InChI=1S/C28H23ClN4O4/c1-17-25-21(32-33-27(34)18-7-6-14-30-16-18)10-5-11-24(25)37-26(17)28(35)31-22-15-19(29)12-13-23(22)36-20-8-3-2-4-9-20/h2-4,6-9,12-16H,5,10-11H2,1H3,(H,31,35)(H,33,34)/b32-21+. The molecule has 0 atom stereocenters. The monoisotopic (exact) mass is 514 g/mol. The van der Waals surface area contributed by atoms with E-state index in [0.717, 1.165) is 12.0 Å². The Labute approximate surface area is 218 Å². The lowest BCUT2D eigenvalue weighted by atomic mass is 9.93. The summed E-state index contributed by atoms with van der Waals surface area (Å²) in [5.41, 5.74) is 5.46. The van der Waals surface area contributed by atoms with E-state index >= 15 is 0 Å². The molecule has 186 valence electrons. The first-order valence-electron chi connectivity index (χ1n) is 11.7. The number of aromatic nitrogens is 1. The number of fused-ring (bicyclic) bond motifs is 1. The number of anilines is 1. The average Bonchev–Trinajstić information content (AvgIpc) is 3.27. The molecule has 0 saturated carbocycles. The van der Waals surface area contributed by atoms with Crippen LogP contribution in [0.25, 0.3) is 0 Å². The van der Waals surface area contributed by atoms with Crippen molar-refractivity contribution >= 4 is 34.8 Å². The number of benzene rings is 2. The number of pyridine rings is 1. The van der Waals surface area contributed by atoms with Crippen molar-refractivity contribution in [3.63, 3.8) is 0 Å². The molecular weight excluding hydrogens is 492 g/mol. The van der Waals surface area contributed by atoms with Gasteiger partial charge >= 0.3 is 0 Å². The van der Waals surface area contributed by atoms with Crippen molar-refractivity contribution < 1.29 is 18.7 Å². The number of carbonyl (C=O) groups is 2. The Morgan fingerprint density at radius 1 is 1.05 bits per heavy atom. The summed E-state index contributed by atoms with van der Waals surface area (Å²) >= 11 is 6.20. The van der Waals surface area contributed by atoms with Crippen LogP contribution in [0, 0.1) is 6.92 Å². The van der Waals surface area contributed by atoms with Gasteiger partial charge < -0.3 is 14.5 Å². The van der Waals surface area contributed by atoms with Gasteiger partial charge in [0.25, 0.3) is 11.8 Å². The van der Waals surface area contributed by atoms with Gasteiger partial charge in [0.05, 0.1) is 17.0 Å². The molecule has 4 aromatic rings. The second-order valence-corrected chi connectivity index (χ2v) is 8.90. The minimum atomic E-state index is -0.439. The molecule has 2 aromatic carbocycles. The van der Waals surface area contributed by atoms with E-state index in [0.29, 0.717) is 57.6 Å². The van der Waals surface area contributed by atoms with Crippen LogP contribution in [0.1, 0.15) is 50.6 Å². The Bertz CT molecular complexity index is 1480. The molecule has 0 aliphatic heterocycles. The third kappa shape index (κ3) is 5.39. The molecule has 0 saturated heterocycles. The minimum absolute atomic E-state index is 0.170. The van der Waals surface area contributed by atoms with Crippen LogP contribution in [-0.4, -0.2) is 22.5 Å². The van der Waals surface area contributed by atoms with Crippen molar-refractivity contribution in [2.75, 3.05) is 5.32 Å². The number of rotatable bonds is 6. The Morgan fingerprint density at radius 3 is 2.68 bits per heavy atom. The van der Waals surface area contributed by atoms with Crippen molar-refractivity contribution in [3.8, 4) is 11.5 Å². The molecule has 2 N–H and O–H groups in total. The fourth-order valence-corrected chi connectivity index (χ4v) is 4.33. The summed E-state index contributed by atoms with van der Waals surface area (Å²) in [6.07, 6.45) is 5.16. The number of furan rings is 1. The zero-order chi connectivity index (χ0) is 25.8. The Hall–Kier alpha value is -4.43. The van der Waals surface area contributed by atoms with E-state index in [4.69, 9.17) is 20.8 Å². The highest BCUT2D eigenvalue weighted by Crippen LogP contribution is 2.34. The van der Waals surface area contributed by atoms with Crippen LogP contribution in [0.5, 0.6) is 11.5 Å². The molecule has 37 heavy (non-hydrogen) atoms. The summed E-state index contributed by atoms with van der Waals surface area (Å²) < 4.78 is 11.9. The highest BCUT2D eigenvalue weighted by atomic mass is 35.5. The molecule has 2 amide bonds. The van der Waals surface area contributed by atoms with Crippen LogP contribution in [0.4, 0.5) is 5.69 Å². The van der Waals surface area contributed by atoms with E-state index in [9.17, 15) is 9.59 Å². The van der Waals surface area contributed by atoms with Gasteiger partial charge in [-0.3, -0.25) is 14.6 Å². The maximum atomic E-state index is 13.3. The van der Waals surface area contributed by atoms with E-state index in [-0.39, 0.29) is 11.7 Å². The third-order valence-electron chi connectivity index (χ3n) is 5.91. The number of carbonyl (C=O) groups excluding carboxylic acids is 2. The summed E-state index contributed by atoms with van der Waals surface area (Å²) in [5.74, 6) is 1.10. The number of amides is 2. The van der Waals surface area contributed by atoms with Crippen LogP contribution < -0.4 is 15.5 Å². The van der Waals surface area contributed by atoms with Gasteiger partial charge in [-0.25, -0.2) is 5.43 Å². The molecule has 1 aliphatic rings. The van der Waals surface area contributed by atoms with E-state index in [2.05, 4.69) is 20.8 Å². The van der Waals surface area contributed by atoms with Gasteiger partial charge in [-0.15, -0.1) is 0 Å². The number of aryl methyl sites for hydroxylation is 1. The molecular formula is C28H23ClN4O4. The number of halogens is 1. The van der Waals surface area contributed by atoms with Gasteiger partial charge in [0.2, 0.25) is 0 Å². The summed E-state index contributed by atoms with van der Waals surface area (Å²) in [6.45, 7) is 1.81. The van der Waals surface area contributed by atoms with Crippen LogP contribution in [0.15, 0.2) is 82.6 Å². The molecule has 0 spiro atoms. The second kappa shape index (κ2) is 10.7. The SMILES string of the molecule is Cc1c(C(=O)Nc2cc(Cl)ccc2Oc2ccccc2)oc2c1/C(=N/NC(=O)c1cccnc1)CCC2. The number of hydrogen-bond acceptors (Lipinski definition) is 6. The van der Waals surface area contributed by atoms with E-state index in [1.807, 2.05) is 30.3 Å². The predicted molar refractivity (Wildman–Crippen MR) is 141 cm³/mol. The predicted octanol–water partition coefficient (Wildman–Crippen LogP) is 6.15. The number of hydrogen-bond donors (Lipinski definition) is 2. The van der Waals surface area contributed by atoms with Gasteiger partial charge in [-0.1, -0.05) is 29.8 Å². The molecule has 9 heteroatoms. The second-order valence-electron chi connectivity index (χ2n) is 8.46. The smallest absolute Gasteiger partial charge is 0.291 e. The molecule has 5 rings (SSSR count). The third-order valence-corrected chi connectivity index (χ3v) is 6.14. The normalized spacial score (nSPS) is 13.6. The highest BCUT2D eigenvalue weighted by Gasteiger charge is 2.28. The van der Waals surface area contributed by atoms with Gasteiger partial charge in [0.1, 0.15) is 11.5 Å². The van der Waals surface area contributed by atoms with E-state index in [1.165, 1.54) is 6.20 Å². The van der Waals surface area contributed by atoms with Crippen LogP contribution in [-0.2, 0) is 6.42 Å². The van der Waals surface area contributed by atoms with Crippen molar-refractivity contribution in [1.82, 2.24) is 10.4 Å². The number of hydrazone groups is 1. The van der Waals surface area contributed by atoms with Crippen molar-refractivity contribution in [2.24, 2.45) is 5.10 Å². The molecule has 0 fully saturated rings. The number of para-hydroxylation sites is 1. The molecule has 2 aromatic heterocycles. The van der Waals surface area contributed by atoms with Gasteiger partial charge in [-0.05, 0) is 62.2 Å². The maximum absolute atomic E-state index is 13.3. The van der Waals surface area contributed by atoms with Gasteiger partial charge in [0, 0.05) is 35.0 Å². The zero-order valence-electron chi connectivity index (χ0n) is 20.0. The van der Waals surface area contributed by atoms with Crippen LogP contribution in [0.3, 0.4) is 0 Å². The van der Waals surface area contributed by atoms with Gasteiger partial charge in [0.15, 0.2) is 11.5 Å². The van der Waals surface area contributed by atoms with Gasteiger partial charge in [-0.2, -0.15) is 5.10 Å². The first-order valence-corrected chi connectivity index (χ1v) is 12.1. The summed E-state index contributed by atoms with van der Waals surface area (Å²) in [6, 6.07) is 17.6. The maximum Gasteiger partial charge on any atom is 0.291 e. The molecule has 0 bridgehead atoms. The minimum Gasteiger partial charge on any atom is -0.455 e. The Kier molecular flexibility index (Phi) is 7.00. The fourth-order valence-electron chi connectivity index (χ4n) is 4.16. The lowest BCUT2D eigenvalue weighted by molar-refractivity contribution is 0.0953. The topological polar surface area (TPSA) is 106 Å². The van der Waals surface area contributed by atoms with Crippen LogP contribution in [0.2, 0.25) is 5.02 Å². The van der Waals surface area contributed by atoms with E-state index in [1.54, 1.807) is 43.5 Å². The highest BCUT2D eigenvalue weighted by molar-refractivity contribution is 6.31. The summed E-state index contributed by atoms with van der Waals surface area (Å²) in [5, 5.41) is 7.67. The Morgan fingerprint density at radius 2 is 1.89 bits per heavy atom. The summed E-state index contributed by atoms with van der Waals surface area (Å²) in [7, 11) is 0. The first-order chi connectivity index (χ1) is 18.0. The van der Waals surface area contributed by atoms with Crippen LogP contribution >= 0.6 is 11.6 Å². The molecule has 8 nitrogen and oxygen atoms in total. The quantitative estimate of drug-likeness (QED) is 0.300. The Balaban J connectivity index is 1.39. The number of nitrogens with one attached hydrogen (secondary N) is 2. The molecule has 1 aliphatic carbocycles. The summed E-state index contributed by atoms with van der Waals surface area (Å²) in [4.78, 5) is 29.7. The number of nitrogens with zero attached hydrogens (tertiary/aromatic N) is 2. The molecule has 2 heterocycles. The first kappa shape index (κ1) is 24.3. The molecule has 0 unspecified atom stereocenters. The average molecular weight is 515 g/mol. The van der Waals surface area contributed by atoms with Crippen molar-refractivity contribution in [2.45, 2.75) is 26.2 Å². The molecule has 0 radical (unpaired) electrons.